The van der Waals surface area contributed by atoms with Gasteiger partial charge >= 0.3 is 0 Å². The maximum Gasteiger partial charge on any atom is 0.130 e. The molecule has 7 nitrogen and oxygen atoms in total. The van der Waals surface area contributed by atoms with Gasteiger partial charge in [-0.05, 0) is 37.3 Å². The van der Waals surface area contributed by atoms with Crippen LogP contribution >= 0.6 is 0 Å². The summed E-state index contributed by atoms with van der Waals surface area (Å²) in [4.78, 5) is 12.0. The molecule has 4 aromatic rings. The maximum absolute atomic E-state index is 5.63. The molecule has 0 unspecified atom stereocenters. The summed E-state index contributed by atoms with van der Waals surface area (Å²) in [5.41, 5.74) is 4.85. The quantitative estimate of drug-likeness (QED) is 0.596. The number of aromatic nitrogens is 5. The average molecular weight is 374 g/mol. The lowest BCUT2D eigenvalue weighted by atomic mass is 10.0. The first kappa shape index (κ1) is 16.9. The number of nitrogens with zero attached hydrogens (tertiary/aromatic N) is 5. The van der Waals surface area contributed by atoms with Crippen LogP contribution < -0.4 is 4.90 Å². The molecule has 5 rings (SSSR count). The van der Waals surface area contributed by atoms with Crippen LogP contribution in [0.25, 0.3) is 33.5 Å². The predicted molar refractivity (Wildman–Crippen MR) is 109 cm³/mol. The molecule has 4 aromatic heterocycles. The minimum Gasteiger partial charge on any atom is -0.377 e. The standard InChI is InChI=1S/C21H22N6O/c1-14-13-28-11-10-27(14)19-12-16(18-4-3-9-26(18)2)15-5-7-22-21(20(15)24-19)17-6-8-23-25-17/h3-9,12,14H,10-11,13H2,1-2H3,(H,23,25)/t14-/m1/s1. The van der Waals surface area contributed by atoms with Crippen molar-refractivity contribution in [2.45, 2.75) is 13.0 Å². The number of anilines is 1. The molecule has 1 fully saturated rings. The molecule has 142 valence electrons. The topological polar surface area (TPSA) is 71.9 Å². The maximum atomic E-state index is 5.63. The summed E-state index contributed by atoms with van der Waals surface area (Å²) in [5, 5.41) is 8.20. The van der Waals surface area contributed by atoms with E-state index in [1.54, 1.807) is 6.20 Å². The van der Waals surface area contributed by atoms with Crippen molar-refractivity contribution >= 4 is 16.7 Å². The van der Waals surface area contributed by atoms with Gasteiger partial charge in [0.1, 0.15) is 17.0 Å². The third kappa shape index (κ3) is 2.75. The molecule has 1 aliphatic heterocycles. The van der Waals surface area contributed by atoms with Crippen LogP contribution in [0.2, 0.25) is 0 Å². The Labute approximate surface area is 163 Å². The normalized spacial score (nSPS) is 17.4. The highest BCUT2D eigenvalue weighted by Gasteiger charge is 2.23. The van der Waals surface area contributed by atoms with E-state index in [0.717, 1.165) is 45.9 Å². The fraction of sp³-hybridized carbons (Fsp3) is 0.286. The van der Waals surface area contributed by atoms with Crippen molar-refractivity contribution in [2.75, 3.05) is 24.7 Å². The highest BCUT2D eigenvalue weighted by molar-refractivity contribution is 6.01. The zero-order valence-electron chi connectivity index (χ0n) is 16.0. The van der Waals surface area contributed by atoms with E-state index in [0.29, 0.717) is 13.2 Å². The van der Waals surface area contributed by atoms with Crippen molar-refractivity contribution in [1.29, 1.82) is 0 Å². The van der Waals surface area contributed by atoms with Crippen molar-refractivity contribution < 1.29 is 4.74 Å². The number of hydrogen-bond acceptors (Lipinski definition) is 5. The summed E-state index contributed by atoms with van der Waals surface area (Å²) < 4.78 is 7.76. The number of pyridine rings is 2. The van der Waals surface area contributed by atoms with Gasteiger partial charge in [-0.1, -0.05) is 0 Å². The minimum atomic E-state index is 0.271. The van der Waals surface area contributed by atoms with E-state index in [9.17, 15) is 0 Å². The van der Waals surface area contributed by atoms with E-state index >= 15 is 0 Å². The van der Waals surface area contributed by atoms with E-state index in [4.69, 9.17) is 9.72 Å². The second-order valence-electron chi connectivity index (χ2n) is 7.18. The van der Waals surface area contributed by atoms with Gasteiger partial charge in [0.2, 0.25) is 0 Å². The number of ether oxygens (including phenoxy) is 1. The molecule has 1 aliphatic rings. The second kappa shape index (κ2) is 6.76. The number of morpholine rings is 1. The van der Waals surface area contributed by atoms with Crippen LogP contribution in [0.4, 0.5) is 5.82 Å². The Morgan fingerprint density at radius 2 is 2.14 bits per heavy atom. The molecule has 0 radical (unpaired) electrons. The van der Waals surface area contributed by atoms with E-state index in [1.807, 2.05) is 18.3 Å². The van der Waals surface area contributed by atoms with Gasteiger partial charge in [-0.15, -0.1) is 0 Å². The highest BCUT2D eigenvalue weighted by Crippen LogP contribution is 2.35. The number of nitrogens with one attached hydrogen (secondary N) is 1. The lowest BCUT2D eigenvalue weighted by Crippen LogP contribution is -2.44. The van der Waals surface area contributed by atoms with Gasteiger partial charge in [-0.2, -0.15) is 5.10 Å². The molecule has 5 heterocycles. The zero-order valence-corrected chi connectivity index (χ0v) is 16.0. The Morgan fingerprint density at radius 3 is 2.89 bits per heavy atom. The smallest absolute Gasteiger partial charge is 0.130 e. The van der Waals surface area contributed by atoms with Crippen molar-refractivity contribution in [1.82, 2.24) is 24.7 Å². The largest absolute Gasteiger partial charge is 0.377 e. The van der Waals surface area contributed by atoms with Crippen molar-refractivity contribution in [3.8, 4) is 22.6 Å². The average Bonchev–Trinajstić information content (AvgIpc) is 3.39. The van der Waals surface area contributed by atoms with Crippen LogP contribution in [0.1, 0.15) is 6.92 Å². The lowest BCUT2D eigenvalue weighted by Gasteiger charge is -2.34. The molecule has 0 spiro atoms. The monoisotopic (exact) mass is 374 g/mol. The molecular weight excluding hydrogens is 352 g/mol. The fourth-order valence-corrected chi connectivity index (χ4v) is 3.89. The molecule has 1 saturated heterocycles. The van der Waals surface area contributed by atoms with E-state index in [2.05, 4.69) is 63.0 Å². The number of H-pyrrole nitrogens is 1. The van der Waals surface area contributed by atoms with E-state index in [-0.39, 0.29) is 6.04 Å². The summed E-state index contributed by atoms with van der Waals surface area (Å²) in [6, 6.07) is 10.6. The van der Waals surface area contributed by atoms with Crippen LogP contribution in [0.15, 0.2) is 48.9 Å². The van der Waals surface area contributed by atoms with Gasteiger partial charge in [-0.3, -0.25) is 10.1 Å². The van der Waals surface area contributed by atoms with Gasteiger partial charge < -0.3 is 14.2 Å². The highest BCUT2D eigenvalue weighted by atomic mass is 16.5. The molecule has 0 aromatic carbocycles. The molecule has 1 N–H and O–H groups in total. The van der Waals surface area contributed by atoms with Gasteiger partial charge in [0.25, 0.3) is 0 Å². The van der Waals surface area contributed by atoms with Gasteiger partial charge in [0.15, 0.2) is 0 Å². The van der Waals surface area contributed by atoms with Crippen molar-refractivity contribution in [3.05, 3.63) is 48.9 Å². The summed E-state index contributed by atoms with van der Waals surface area (Å²) in [5.74, 6) is 0.952. The predicted octanol–water partition coefficient (Wildman–Crippen LogP) is 3.25. The number of aryl methyl sites for hydroxylation is 1. The molecule has 0 amide bonds. The number of rotatable bonds is 3. The van der Waals surface area contributed by atoms with Crippen LogP contribution in [-0.4, -0.2) is 50.5 Å². The zero-order chi connectivity index (χ0) is 19.1. The third-order valence-corrected chi connectivity index (χ3v) is 5.35. The van der Waals surface area contributed by atoms with E-state index < -0.39 is 0 Å². The molecule has 28 heavy (non-hydrogen) atoms. The van der Waals surface area contributed by atoms with Crippen molar-refractivity contribution in [3.63, 3.8) is 0 Å². The molecular formula is C21H22N6O. The first-order chi connectivity index (χ1) is 13.7. The molecule has 0 aliphatic carbocycles. The number of hydrogen-bond donors (Lipinski definition) is 1. The third-order valence-electron chi connectivity index (χ3n) is 5.35. The SMILES string of the molecule is C[C@@H]1COCCN1c1cc(-c2cccn2C)c2ccnc(-c3ccn[nH]3)c2n1. The fourth-order valence-electron chi connectivity index (χ4n) is 3.89. The van der Waals surface area contributed by atoms with Gasteiger partial charge in [0, 0.05) is 48.8 Å². The molecule has 0 saturated carbocycles. The molecule has 1 atom stereocenters. The molecule has 7 heteroatoms. The Bertz CT molecular complexity index is 1120. The first-order valence-corrected chi connectivity index (χ1v) is 9.48. The summed E-state index contributed by atoms with van der Waals surface area (Å²) in [6.45, 7) is 4.42. The van der Waals surface area contributed by atoms with Crippen LogP contribution in [0, 0.1) is 0 Å². The Kier molecular flexibility index (Phi) is 4.09. The van der Waals surface area contributed by atoms with Gasteiger partial charge in [-0.25, -0.2) is 4.98 Å². The summed E-state index contributed by atoms with van der Waals surface area (Å²) in [6.07, 6.45) is 5.64. The number of aromatic amines is 1. The first-order valence-electron chi connectivity index (χ1n) is 9.48. The van der Waals surface area contributed by atoms with E-state index in [1.165, 1.54) is 0 Å². The Morgan fingerprint density at radius 1 is 1.21 bits per heavy atom. The van der Waals surface area contributed by atoms with Crippen LogP contribution in [-0.2, 0) is 11.8 Å². The lowest BCUT2D eigenvalue weighted by molar-refractivity contribution is 0.0986. The second-order valence-corrected chi connectivity index (χ2v) is 7.18. The summed E-state index contributed by atoms with van der Waals surface area (Å²) >= 11 is 0. The van der Waals surface area contributed by atoms with Gasteiger partial charge in [0.05, 0.1) is 24.9 Å². The Balaban J connectivity index is 1.79. The van der Waals surface area contributed by atoms with Crippen LogP contribution in [0.5, 0.6) is 0 Å². The van der Waals surface area contributed by atoms with Crippen LogP contribution in [0.3, 0.4) is 0 Å². The number of fused-ring (bicyclic) bond motifs is 1. The molecule has 0 bridgehead atoms. The Hall–Kier alpha value is -3.19. The summed E-state index contributed by atoms with van der Waals surface area (Å²) in [7, 11) is 2.07. The minimum absolute atomic E-state index is 0.271. The van der Waals surface area contributed by atoms with Crippen molar-refractivity contribution in [2.24, 2.45) is 7.05 Å².